The van der Waals surface area contributed by atoms with Gasteiger partial charge in [0, 0.05) is 18.7 Å². The Kier molecular flexibility index (Phi) is 9.70. The fraction of sp³-hybridized carbons (Fsp3) is 0.731. The molecule has 1 N–H and O–H groups in total. The van der Waals surface area contributed by atoms with Crippen molar-refractivity contribution in [1.82, 2.24) is 0 Å². The average molecular weight is 463 g/mol. The number of nitrogens with one attached hydrogen (secondary N) is 1. The monoisotopic (exact) mass is 462 g/mol. The number of benzene rings is 1. The van der Waals surface area contributed by atoms with Gasteiger partial charge in [-0.1, -0.05) is 40.7 Å². The molecule has 33 heavy (non-hydrogen) atoms. The van der Waals surface area contributed by atoms with Crippen LogP contribution in [0.1, 0.15) is 84.6 Å². The fourth-order valence-corrected chi connectivity index (χ4v) is 5.43. The number of rotatable bonds is 11. The van der Waals surface area contributed by atoms with Crippen molar-refractivity contribution >= 4 is 17.3 Å². The van der Waals surface area contributed by atoms with E-state index in [1.807, 2.05) is 19.1 Å². The van der Waals surface area contributed by atoms with E-state index >= 15 is 0 Å². The highest BCUT2D eigenvalue weighted by atomic mass is 16.6. The second-order valence-corrected chi connectivity index (χ2v) is 10.6. The largest absolute Gasteiger partial charge is 0.469 e. The Hall–Kier alpha value is -2.15. The second kappa shape index (κ2) is 11.8. The first-order valence-electron chi connectivity index (χ1n) is 12.2. The predicted octanol–water partition coefficient (Wildman–Crippen LogP) is 6.32. The quantitative estimate of drug-likeness (QED) is 0.235. The number of nitro groups is 1. The molecule has 0 bridgehead atoms. The lowest BCUT2D eigenvalue weighted by molar-refractivity contribution is -0.384. The van der Waals surface area contributed by atoms with Crippen LogP contribution in [0.3, 0.4) is 0 Å². The zero-order valence-corrected chi connectivity index (χ0v) is 21.3. The number of hydrogen-bond acceptors (Lipinski definition) is 6. The molecule has 0 radical (unpaired) electrons. The maximum Gasteiger partial charge on any atom is 0.306 e. The van der Waals surface area contributed by atoms with Crippen LogP contribution >= 0.6 is 0 Å². The molecule has 186 valence electrons. The lowest BCUT2D eigenvalue weighted by Crippen LogP contribution is -2.52. The summed E-state index contributed by atoms with van der Waals surface area (Å²) in [5.41, 5.74) is 1.15. The van der Waals surface area contributed by atoms with Gasteiger partial charge in [0.15, 0.2) is 0 Å². The van der Waals surface area contributed by atoms with Gasteiger partial charge >= 0.3 is 5.97 Å². The number of hydrogen-bond donors (Lipinski definition) is 1. The average Bonchev–Trinajstić information content (AvgIpc) is 2.74. The number of anilines is 1. The Morgan fingerprint density at radius 1 is 1.21 bits per heavy atom. The molecule has 1 unspecified atom stereocenters. The van der Waals surface area contributed by atoms with Gasteiger partial charge < -0.3 is 14.8 Å². The molecular formula is C26H42N2O5. The number of carbonyl (C=O) groups is 1. The first kappa shape index (κ1) is 27.1. The number of esters is 1. The van der Waals surface area contributed by atoms with Crippen molar-refractivity contribution in [3.05, 3.63) is 33.9 Å². The smallest absolute Gasteiger partial charge is 0.306 e. The fourth-order valence-electron chi connectivity index (χ4n) is 5.43. The van der Waals surface area contributed by atoms with Gasteiger partial charge in [0.25, 0.3) is 5.69 Å². The van der Waals surface area contributed by atoms with Crippen molar-refractivity contribution in [3.63, 3.8) is 0 Å². The van der Waals surface area contributed by atoms with Gasteiger partial charge in [0.1, 0.15) is 5.69 Å². The molecule has 0 aliphatic heterocycles. The van der Waals surface area contributed by atoms with Gasteiger partial charge in [-0.15, -0.1) is 0 Å². The molecule has 0 saturated heterocycles. The lowest BCUT2D eigenvalue weighted by Gasteiger charge is -2.49. The third kappa shape index (κ3) is 7.16. The van der Waals surface area contributed by atoms with Crippen LogP contribution in [0.4, 0.5) is 11.4 Å². The minimum atomic E-state index is -0.324. The summed E-state index contributed by atoms with van der Waals surface area (Å²) < 4.78 is 10.5. The summed E-state index contributed by atoms with van der Waals surface area (Å²) in [4.78, 5) is 23.4. The van der Waals surface area contributed by atoms with E-state index in [9.17, 15) is 14.9 Å². The van der Waals surface area contributed by atoms with E-state index in [4.69, 9.17) is 9.47 Å². The minimum Gasteiger partial charge on any atom is -0.469 e. The molecule has 1 aliphatic rings. The summed E-state index contributed by atoms with van der Waals surface area (Å²) in [6.07, 6.45) is 5.21. The van der Waals surface area contributed by atoms with Crippen LogP contribution in [-0.4, -0.2) is 36.8 Å². The molecule has 0 heterocycles. The van der Waals surface area contributed by atoms with E-state index in [0.717, 1.165) is 37.7 Å². The van der Waals surface area contributed by atoms with Gasteiger partial charge in [0.05, 0.1) is 24.6 Å². The van der Waals surface area contributed by atoms with Crippen molar-refractivity contribution in [2.24, 2.45) is 17.8 Å². The van der Waals surface area contributed by atoms with Crippen LogP contribution in [0.15, 0.2) is 18.2 Å². The van der Waals surface area contributed by atoms with Crippen LogP contribution in [0.25, 0.3) is 0 Å². The summed E-state index contributed by atoms with van der Waals surface area (Å²) >= 11 is 0. The van der Waals surface area contributed by atoms with Gasteiger partial charge in [-0.25, -0.2) is 0 Å². The number of nitrogens with zero attached hydrogens (tertiary/aromatic N) is 1. The zero-order valence-electron chi connectivity index (χ0n) is 21.3. The van der Waals surface area contributed by atoms with Crippen molar-refractivity contribution < 1.29 is 19.2 Å². The van der Waals surface area contributed by atoms with Crippen LogP contribution in [0, 0.1) is 27.9 Å². The summed E-state index contributed by atoms with van der Waals surface area (Å²) in [7, 11) is 3.13. The van der Waals surface area contributed by atoms with Crippen molar-refractivity contribution in [2.75, 3.05) is 19.5 Å². The van der Waals surface area contributed by atoms with Gasteiger partial charge in [0.2, 0.25) is 0 Å². The first-order chi connectivity index (χ1) is 15.5. The van der Waals surface area contributed by atoms with Crippen LogP contribution in [-0.2, 0) is 14.3 Å². The number of ether oxygens (including phenoxy) is 2. The normalized spacial score (nSPS) is 24.0. The van der Waals surface area contributed by atoms with Crippen LogP contribution in [0.2, 0.25) is 0 Å². The topological polar surface area (TPSA) is 90.7 Å². The standard InChI is InChI=1S/C26H42N2O5/c1-17(2)12-21-15-22(32-6)10-11-26(21,16-18(3)4)27-23-9-8-20(14-24(23)28(30)31)19(5)13-25(29)33-7/h8-9,14,17-19,21-22,27H,10-13,15-16H2,1-7H3/t19-,21?,22+,26+/m1/s1. The Labute approximate surface area is 198 Å². The molecule has 7 nitrogen and oxygen atoms in total. The van der Waals surface area contributed by atoms with Gasteiger partial charge in [-0.2, -0.15) is 0 Å². The molecule has 1 saturated carbocycles. The van der Waals surface area contributed by atoms with E-state index < -0.39 is 0 Å². The molecule has 4 atom stereocenters. The number of carbonyl (C=O) groups excluding carboxylic acids is 1. The molecule has 7 heteroatoms. The van der Waals surface area contributed by atoms with E-state index in [1.54, 1.807) is 13.2 Å². The highest BCUT2D eigenvalue weighted by Gasteiger charge is 2.45. The molecule has 1 aliphatic carbocycles. The van der Waals surface area contributed by atoms with Crippen molar-refractivity contribution in [2.45, 2.75) is 90.7 Å². The zero-order chi connectivity index (χ0) is 24.8. The number of methoxy groups -OCH3 is 2. The van der Waals surface area contributed by atoms with Gasteiger partial charge in [-0.05, 0) is 67.4 Å². The highest BCUT2D eigenvalue weighted by Crippen LogP contribution is 2.46. The first-order valence-corrected chi connectivity index (χ1v) is 12.2. The second-order valence-electron chi connectivity index (χ2n) is 10.6. The molecule has 1 fully saturated rings. The lowest BCUT2D eigenvalue weighted by atomic mass is 9.65. The Bertz CT molecular complexity index is 810. The molecule has 1 aromatic carbocycles. The molecule has 0 spiro atoms. The highest BCUT2D eigenvalue weighted by molar-refractivity contribution is 5.71. The third-order valence-corrected chi connectivity index (χ3v) is 6.97. The summed E-state index contributed by atoms with van der Waals surface area (Å²) in [5, 5.41) is 15.8. The Morgan fingerprint density at radius 3 is 2.45 bits per heavy atom. The molecular weight excluding hydrogens is 420 g/mol. The maximum atomic E-state index is 12.1. The van der Waals surface area contributed by atoms with E-state index in [1.165, 1.54) is 7.11 Å². The summed E-state index contributed by atoms with van der Waals surface area (Å²) in [5.74, 6) is 0.839. The van der Waals surface area contributed by atoms with Crippen molar-refractivity contribution in [1.29, 1.82) is 0 Å². The van der Waals surface area contributed by atoms with E-state index in [2.05, 4.69) is 33.0 Å². The Morgan fingerprint density at radius 2 is 1.91 bits per heavy atom. The molecule has 0 amide bonds. The van der Waals surface area contributed by atoms with Gasteiger partial charge in [-0.3, -0.25) is 14.9 Å². The van der Waals surface area contributed by atoms with Crippen molar-refractivity contribution in [3.8, 4) is 0 Å². The predicted molar refractivity (Wildman–Crippen MR) is 132 cm³/mol. The molecule has 2 rings (SSSR count). The van der Waals surface area contributed by atoms with E-state index in [-0.39, 0.29) is 40.6 Å². The Balaban J connectivity index is 2.44. The van der Waals surface area contributed by atoms with Crippen LogP contribution < -0.4 is 5.32 Å². The molecule has 1 aromatic rings. The maximum absolute atomic E-state index is 12.1. The SMILES string of the molecule is COC(=O)C[C@@H](C)c1ccc(N[C@]2(CC(C)C)CC[C@H](OC)CC2CC(C)C)c([N+](=O)[O-])c1. The van der Waals surface area contributed by atoms with Crippen LogP contribution in [0.5, 0.6) is 0 Å². The molecule has 0 aromatic heterocycles. The number of nitro benzene ring substituents is 1. The summed E-state index contributed by atoms with van der Waals surface area (Å²) in [6, 6.07) is 5.32. The minimum absolute atomic E-state index is 0.0597. The van der Waals surface area contributed by atoms with E-state index in [0.29, 0.717) is 23.4 Å². The third-order valence-electron chi connectivity index (χ3n) is 6.97. The summed E-state index contributed by atoms with van der Waals surface area (Å²) in [6.45, 7) is 10.8.